The number of esters is 1. The first-order chi connectivity index (χ1) is 27.4. The van der Waals surface area contributed by atoms with E-state index in [0.717, 1.165) is 44.9 Å². The van der Waals surface area contributed by atoms with Crippen LogP contribution in [0, 0.1) is 0 Å². The van der Waals surface area contributed by atoms with Gasteiger partial charge in [-0.05, 0) is 108 Å². The molecule has 19 nitrogen and oxygen atoms in total. The molecule has 0 fully saturated rings. The van der Waals surface area contributed by atoms with Crippen LogP contribution in [-0.2, 0) is 28.7 Å². The number of amides is 4. The molecule has 0 heterocycles. The third kappa shape index (κ3) is 34.3. The van der Waals surface area contributed by atoms with Gasteiger partial charge >= 0.3 is 5.97 Å². The van der Waals surface area contributed by atoms with Crippen LogP contribution < -0.4 is 21.3 Å². The summed E-state index contributed by atoms with van der Waals surface area (Å²) in [5.74, 6) is -1.04. The lowest BCUT2D eigenvalue weighted by molar-refractivity contribution is -0.155. The first-order valence-electron chi connectivity index (χ1n) is 20.7. The van der Waals surface area contributed by atoms with Crippen molar-refractivity contribution in [1.82, 2.24) is 21.3 Å². The second-order valence-corrected chi connectivity index (χ2v) is 15.3. The average molecular weight is 804 g/mol. The summed E-state index contributed by atoms with van der Waals surface area (Å²) in [6, 6.07) is 0. The maximum absolute atomic E-state index is 13.5. The van der Waals surface area contributed by atoms with Crippen molar-refractivity contribution in [2.45, 2.75) is 173 Å². The molecule has 0 spiro atoms. The third-order valence-electron chi connectivity index (χ3n) is 9.06. The minimum absolute atomic E-state index is 0.0659. The normalized spacial score (nSPS) is 11.8. The third-order valence-corrected chi connectivity index (χ3v) is 9.06. The van der Waals surface area contributed by atoms with Crippen molar-refractivity contribution >= 4 is 29.6 Å². The molecule has 0 aliphatic heterocycles. The van der Waals surface area contributed by atoms with Gasteiger partial charge in [0.05, 0.1) is 0 Å². The van der Waals surface area contributed by atoms with Crippen LogP contribution in [0.1, 0.15) is 162 Å². The number of hydrogen-bond acceptors (Lipinski definition) is 9. The van der Waals surface area contributed by atoms with Gasteiger partial charge in [0.1, 0.15) is 5.60 Å². The fraction of sp³-hybridized carbons (Fsp3) is 0.868. The van der Waals surface area contributed by atoms with E-state index < -0.39 is 11.1 Å². The predicted octanol–water partition coefficient (Wildman–Crippen LogP) is 8.04. The second-order valence-electron chi connectivity index (χ2n) is 15.3. The zero-order valence-electron chi connectivity index (χ0n) is 34.8. The van der Waals surface area contributed by atoms with E-state index in [4.69, 9.17) is 21.3 Å². The Labute approximate surface area is 338 Å². The van der Waals surface area contributed by atoms with Crippen molar-refractivity contribution in [1.29, 1.82) is 0 Å². The topological polar surface area (TPSA) is 289 Å². The summed E-state index contributed by atoms with van der Waals surface area (Å²) in [5.41, 5.74) is 23.9. The Morgan fingerprint density at radius 3 is 1.18 bits per heavy atom. The molecule has 0 radical (unpaired) electrons. The fourth-order valence-electron chi connectivity index (χ4n) is 5.99. The molecule has 322 valence electrons. The number of nitrogens with zero attached hydrogens (tertiary/aromatic N) is 9. The van der Waals surface area contributed by atoms with Gasteiger partial charge in [0, 0.05) is 91.6 Å². The molecule has 0 aliphatic rings. The lowest BCUT2D eigenvalue weighted by Gasteiger charge is -2.35. The van der Waals surface area contributed by atoms with Crippen molar-refractivity contribution in [3.05, 3.63) is 31.3 Å². The molecule has 0 rings (SSSR count). The van der Waals surface area contributed by atoms with Crippen LogP contribution in [0.3, 0.4) is 0 Å². The summed E-state index contributed by atoms with van der Waals surface area (Å²) in [7, 11) is 0. The SMILES string of the molecule is CC(C)(C)OC(=O)CCCCCCCCCCC(=O)NC(CCC(=O)NCCCCN=[N+]=[N-])(CCC(=O)NCCCCN=[N+]=[N-])CCC(=O)NCCCCN=[N+]=[N-]. The quantitative estimate of drug-likeness (QED) is 0.0160. The maximum atomic E-state index is 13.5. The Bertz CT molecular complexity index is 1210. The van der Waals surface area contributed by atoms with Gasteiger partial charge in [-0.1, -0.05) is 53.9 Å². The molecule has 0 aromatic heterocycles. The molecular weight excluding hydrogens is 735 g/mol. The smallest absolute Gasteiger partial charge is 0.306 e. The van der Waals surface area contributed by atoms with Gasteiger partial charge in [-0.2, -0.15) is 0 Å². The van der Waals surface area contributed by atoms with Crippen LogP contribution in [0.4, 0.5) is 0 Å². The van der Waals surface area contributed by atoms with Crippen LogP contribution in [0.2, 0.25) is 0 Å². The fourth-order valence-corrected chi connectivity index (χ4v) is 5.99. The van der Waals surface area contributed by atoms with Crippen LogP contribution >= 0.6 is 0 Å². The Hall–Kier alpha value is -4.72. The van der Waals surface area contributed by atoms with Crippen molar-refractivity contribution in [3.63, 3.8) is 0 Å². The molecule has 0 bridgehead atoms. The van der Waals surface area contributed by atoms with E-state index in [-0.39, 0.29) is 74.5 Å². The number of carbonyl (C=O) groups excluding carboxylic acids is 5. The first-order valence-corrected chi connectivity index (χ1v) is 20.7. The molecule has 0 unspecified atom stereocenters. The number of azide groups is 3. The predicted molar refractivity (Wildman–Crippen MR) is 219 cm³/mol. The molecule has 4 amide bonds. The van der Waals surface area contributed by atoms with E-state index >= 15 is 0 Å². The molecule has 0 aromatic rings. The molecule has 0 saturated carbocycles. The molecule has 0 saturated heterocycles. The summed E-state index contributed by atoms with van der Waals surface area (Å²) < 4.78 is 5.36. The highest BCUT2D eigenvalue weighted by Gasteiger charge is 2.33. The standard InChI is InChI=1S/C38H69N13O6/c1-37(2,3)57-36(56)19-11-9-7-5-4-6-8-10-18-35(55)48-38(23-20-32(52)42-26-12-15-29-45-49-39,24-21-33(53)43-27-13-16-30-46-50-40)25-22-34(54)44-28-14-17-31-47-51-41/h4-31H2,1-3H3,(H,42,52)(H,43,53)(H,44,54)(H,48,55). The van der Waals surface area contributed by atoms with Crippen molar-refractivity contribution in [2.24, 2.45) is 15.3 Å². The molecule has 4 N–H and O–H groups in total. The Morgan fingerprint density at radius 1 is 0.474 bits per heavy atom. The number of unbranched alkanes of at least 4 members (excludes halogenated alkanes) is 10. The zero-order valence-corrected chi connectivity index (χ0v) is 34.8. The summed E-state index contributed by atoms with van der Waals surface area (Å²) >= 11 is 0. The minimum atomic E-state index is -1.01. The van der Waals surface area contributed by atoms with Gasteiger partial charge in [0.15, 0.2) is 0 Å². The molecule has 0 aliphatic carbocycles. The van der Waals surface area contributed by atoms with E-state index in [1.165, 1.54) is 0 Å². The highest BCUT2D eigenvalue weighted by molar-refractivity contribution is 5.80. The Balaban J connectivity index is 5.43. The summed E-state index contributed by atoms with van der Waals surface area (Å²) in [4.78, 5) is 72.3. The van der Waals surface area contributed by atoms with E-state index in [1.807, 2.05) is 20.8 Å². The van der Waals surface area contributed by atoms with Crippen LogP contribution in [0.15, 0.2) is 15.3 Å². The number of nitrogens with one attached hydrogen (secondary N) is 4. The van der Waals surface area contributed by atoms with E-state index in [1.54, 1.807) is 0 Å². The summed E-state index contributed by atoms with van der Waals surface area (Å²) in [6.45, 7) is 7.79. The number of hydrogen-bond donors (Lipinski definition) is 4. The van der Waals surface area contributed by atoms with Gasteiger partial charge in [0.25, 0.3) is 0 Å². The highest BCUT2D eigenvalue weighted by Crippen LogP contribution is 2.27. The van der Waals surface area contributed by atoms with E-state index in [9.17, 15) is 24.0 Å². The van der Waals surface area contributed by atoms with Gasteiger partial charge in [-0.3, -0.25) is 24.0 Å². The molecule has 0 atom stereocenters. The van der Waals surface area contributed by atoms with Gasteiger partial charge in [-0.15, -0.1) is 0 Å². The largest absolute Gasteiger partial charge is 0.460 e. The van der Waals surface area contributed by atoms with Crippen LogP contribution in [0.25, 0.3) is 31.3 Å². The first kappa shape index (κ1) is 52.3. The molecule has 19 heteroatoms. The van der Waals surface area contributed by atoms with Gasteiger partial charge in [0.2, 0.25) is 23.6 Å². The highest BCUT2D eigenvalue weighted by atomic mass is 16.6. The number of rotatable bonds is 36. The summed E-state index contributed by atoms with van der Waals surface area (Å²) in [6.07, 6.45) is 12.7. The minimum Gasteiger partial charge on any atom is -0.460 e. The lowest BCUT2D eigenvalue weighted by atomic mass is 9.82. The van der Waals surface area contributed by atoms with Crippen LogP contribution in [0.5, 0.6) is 0 Å². The molecule has 0 aromatic carbocycles. The van der Waals surface area contributed by atoms with Gasteiger partial charge in [-0.25, -0.2) is 0 Å². The average Bonchev–Trinajstić information content (AvgIpc) is 3.16. The van der Waals surface area contributed by atoms with Crippen molar-refractivity contribution in [2.75, 3.05) is 39.3 Å². The Morgan fingerprint density at radius 2 is 0.825 bits per heavy atom. The van der Waals surface area contributed by atoms with E-state index in [2.05, 4.69) is 51.3 Å². The van der Waals surface area contributed by atoms with Crippen LogP contribution in [-0.4, -0.2) is 80.0 Å². The lowest BCUT2D eigenvalue weighted by Crippen LogP contribution is -2.50. The summed E-state index contributed by atoms with van der Waals surface area (Å²) in [5, 5.41) is 22.3. The van der Waals surface area contributed by atoms with Crippen molar-refractivity contribution < 1.29 is 28.7 Å². The molecule has 57 heavy (non-hydrogen) atoms. The van der Waals surface area contributed by atoms with Gasteiger partial charge < -0.3 is 26.0 Å². The monoisotopic (exact) mass is 804 g/mol. The van der Waals surface area contributed by atoms with E-state index in [0.29, 0.717) is 90.6 Å². The zero-order chi connectivity index (χ0) is 42.5. The Kier molecular flexibility index (Phi) is 31.7. The van der Waals surface area contributed by atoms with Crippen molar-refractivity contribution in [3.8, 4) is 0 Å². The number of ether oxygens (including phenoxy) is 1. The maximum Gasteiger partial charge on any atom is 0.306 e. The second kappa shape index (κ2) is 34.5. The number of carbonyl (C=O) groups is 5. The molecular formula is C38H69N13O6.